The Bertz CT molecular complexity index is 1030. The van der Waals surface area contributed by atoms with E-state index in [-0.39, 0.29) is 5.78 Å². The Morgan fingerprint density at radius 2 is 2.04 bits per heavy atom. The lowest BCUT2D eigenvalue weighted by molar-refractivity contribution is 0.104. The van der Waals surface area contributed by atoms with Gasteiger partial charge in [0.05, 0.1) is 27.7 Å². The summed E-state index contributed by atoms with van der Waals surface area (Å²) in [5.41, 5.74) is 3.58. The summed E-state index contributed by atoms with van der Waals surface area (Å²) in [7, 11) is 0. The number of halogens is 1. The SMILES string of the molecule is CCn1ncc(Br)c1/C=C/C(=O)c1ccc2c(c1)Nc1ccccc1S2. The van der Waals surface area contributed by atoms with Gasteiger partial charge < -0.3 is 5.32 Å². The summed E-state index contributed by atoms with van der Waals surface area (Å²) in [6, 6.07) is 14.0. The minimum Gasteiger partial charge on any atom is -0.354 e. The van der Waals surface area contributed by atoms with Gasteiger partial charge in [-0.1, -0.05) is 23.9 Å². The van der Waals surface area contributed by atoms with Crippen LogP contribution >= 0.6 is 27.7 Å². The van der Waals surface area contributed by atoms with Crippen molar-refractivity contribution >= 4 is 50.9 Å². The van der Waals surface area contributed by atoms with Crippen molar-refractivity contribution in [3.05, 3.63) is 70.5 Å². The highest BCUT2D eigenvalue weighted by atomic mass is 79.9. The van der Waals surface area contributed by atoms with Crippen molar-refractivity contribution in [2.24, 2.45) is 0 Å². The van der Waals surface area contributed by atoms with Crippen LogP contribution in [0.5, 0.6) is 0 Å². The zero-order valence-corrected chi connectivity index (χ0v) is 16.5. The summed E-state index contributed by atoms with van der Waals surface area (Å²) in [5, 5.41) is 7.67. The van der Waals surface area contributed by atoms with Crippen LogP contribution in [-0.2, 0) is 6.54 Å². The van der Waals surface area contributed by atoms with Crippen molar-refractivity contribution in [2.75, 3.05) is 5.32 Å². The quantitative estimate of drug-likeness (QED) is 0.333. The first kappa shape index (κ1) is 17.1. The number of fused-ring (bicyclic) bond motifs is 2. The van der Waals surface area contributed by atoms with E-state index in [1.807, 2.05) is 48.0 Å². The average Bonchev–Trinajstić information content (AvgIpc) is 3.03. The van der Waals surface area contributed by atoms with Crippen LogP contribution in [0.25, 0.3) is 6.08 Å². The predicted octanol–water partition coefficient (Wildman–Crippen LogP) is 5.77. The number of ketones is 1. The maximum atomic E-state index is 12.6. The molecule has 0 saturated heterocycles. The van der Waals surface area contributed by atoms with Crippen LogP contribution < -0.4 is 5.32 Å². The zero-order chi connectivity index (χ0) is 18.1. The second-order valence-electron chi connectivity index (χ2n) is 5.83. The van der Waals surface area contributed by atoms with Crippen molar-refractivity contribution in [3.8, 4) is 0 Å². The lowest BCUT2D eigenvalue weighted by atomic mass is 10.1. The molecule has 4 nitrogen and oxygen atoms in total. The molecule has 3 aromatic rings. The number of nitrogens with zero attached hydrogens (tertiary/aromatic N) is 2. The number of para-hydroxylation sites is 1. The summed E-state index contributed by atoms with van der Waals surface area (Å²) in [4.78, 5) is 14.9. The van der Waals surface area contributed by atoms with Crippen molar-refractivity contribution < 1.29 is 4.79 Å². The number of anilines is 2. The van der Waals surface area contributed by atoms with E-state index in [2.05, 4.69) is 32.4 Å². The van der Waals surface area contributed by atoms with Gasteiger partial charge in [-0.2, -0.15) is 5.10 Å². The zero-order valence-electron chi connectivity index (χ0n) is 14.1. The smallest absolute Gasteiger partial charge is 0.185 e. The van der Waals surface area contributed by atoms with Crippen LogP contribution in [-0.4, -0.2) is 15.6 Å². The van der Waals surface area contributed by atoms with Crippen LogP contribution in [0.4, 0.5) is 11.4 Å². The molecule has 0 unspecified atom stereocenters. The van der Waals surface area contributed by atoms with Gasteiger partial charge in [-0.3, -0.25) is 9.48 Å². The Kier molecular flexibility index (Phi) is 4.70. The van der Waals surface area contributed by atoms with Gasteiger partial charge >= 0.3 is 0 Å². The van der Waals surface area contributed by atoms with Gasteiger partial charge in [0.2, 0.25) is 0 Å². The molecule has 4 rings (SSSR count). The summed E-state index contributed by atoms with van der Waals surface area (Å²) in [5.74, 6) is -0.0331. The number of carbonyl (C=O) groups excluding carboxylic acids is 1. The van der Waals surface area contributed by atoms with Gasteiger partial charge in [0, 0.05) is 21.9 Å². The molecule has 0 atom stereocenters. The third-order valence-corrected chi connectivity index (χ3v) is 5.93. The van der Waals surface area contributed by atoms with E-state index in [4.69, 9.17) is 0 Å². The monoisotopic (exact) mass is 425 g/mol. The van der Waals surface area contributed by atoms with E-state index in [1.165, 1.54) is 4.90 Å². The summed E-state index contributed by atoms with van der Waals surface area (Å²) in [6.45, 7) is 2.77. The number of hydrogen-bond acceptors (Lipinski definition) is 4. The third-order valence-electron chi connectivity index (χ3n) is 4.17. The van der Waals surface area contributed by atoms with Crippen molar-refractivity contribution in [2.45, 2.75) is 23.3 Å². The van der Waals surface area contributed by atoms with E-state index in [1.54, 1.807) is 30.1 Å². The molecule has 0 fully saturated rings. The molecule has 1 aliphatic heterocycles. The fourth-order valence-corrected chi connectivity index (χ4v) is 4.23. The standard InChI is InChI=1S/C20H16BrN3OS/c1-2-24-17(14(21)12-22-24)8-9-18(25)13-7-10-20-16(11-13)23-15-5-3-4-6-19(15)26-20/h3-12,23H,2H2,1H3/b9-8+. The lowest BCUT2D eigenvalue weighted by Gasteiger charge is -2.20. The summed E-state index contributed by atoms with van der Waals surface area (Å²) < 4.78 is 2.72. The second kappa shape index (κ2) is 7.13. The second-order valence-corrected chi connectivity index (χ2v) is 7.76. The molecular weight excluding hydrogens is 410 g/mol. The molecule has 6 heteroatoms. The third kappa shape index (κ3) is 3.22. The molecular formula is C20H16BrN3OS. The molecule has 1 N–H and O–H groups in total. The molecule has 0 bridgehead atoms. The molecule has 0 spiro atoms. The van der Waals surface area contributed by atoms with Crippen LogP contribution in [0.1, 0.15) is 23.0 Å². The topological polar surface area (TPSA) is 46.9 Å². The number of benzene rings is 2. The van der Waals surface area contributed by atoms with Crippen LogP contribution in [0.3, 0.4) is 0 Å². The Hall–Kier alpha value is -2.31. The van der Waals surface area contributed by atoms with Gasteiger partial charge in [0.25, 0.3) is 0 Å². The molecule has 26 heavy (non-hydrogen) atoms. The van der Waals surface area contributed by atoms with E-state index >= 15 is 0 Å². The normalized spacial score (nSPS) is 12.5. The minimum atomic E-state index is -0.0331. The molecule has 0 radical (unpaired) electrons. The lowest BCUT2D eigenvalue weighted by Crippen LogP contribution is -2.03. The van der Waals surface area contributed by atoms with Crippen LogP contribution in [0.2, 0.25) is 0 Å². The number of allylic oxidation sites excluding steroid dienone is 1. The van der Waals surface area contributed by atoms with Gasteiger partial charge in [-0.05, 0) is 65.3 Å². The van der Waals surface area contributed by atoms with Gasteiger partial charge in [0.1, 0.15) is 0 Å². The maximum Gasteiger partial charge on any atom is 0.185 e. The highest BCUT2D eigenvalue weighted by Gasteiger charge is 2.16. The molecule has 130 valence electrons. The molecule has 1 aliphatic rings. The Balaban J connectivity index is 1.59. The van der Waals surface area contributed by atoms with E-state index in [0.29, 0.717) is 5.56 Å². The van der Waals surface area contributed by atoms with Crippen molar-refractivity contribution in [3.63, 3.8) is 0 Å². The number of aromatic nitrogens is 2. The highest BCUT2D eigenvalue weighted by Crippen LogP contribution is 2.44. The van der Waals surface area contributed by atoms with E-state index < -0.39 is 0 Å². The number of hydrogen-bond donors (Lipinski definition) is 1. The molecule has 0 amide bonds. The first-order valence-electron chi connectivity index (χ1n) is 8.27. The largest absolute Gasteiger partial charge is 0.354 e. The molecule has 1 aromatic heterocycles. The average molecular weight is 426 g/mol. The van der Waals surface area contributed by atoms with Crippen molar-refractivity contribution in [1.82, 2.24) is 9.78 Å². The highest BCUT2D eigenvalue weighted by molar-refractivity contribution is 9.10. The Labute approximate surface area is 164 Å². The number of aryl methyl sites for hydroxylation is 1. The maximum absolute atomic E-state index is 12.6. The van der Waals surface area contributed by atoms with Crippen LogP contribution in [0, 0.1) is 0 Å². The molecule has 0 saturated carbocycles. The summed E-state index contributed by atoms with van der Waals surface area (Å²) >= 11 is 5.18. The van der Waals surface area contributed by atoms with Gasteiger partial charge in [0.15, 0.2) is 5.78 Å². The van der Waals surface area contributed by atoms with E-state index in [0.717, 1.165) is 33.0 Å². The molecule has 2 aromatic carbocycles. The molecule has 2 heterocycles. The number of nitrogens with one attached hydrogen (secondary N) is 1. The Morgan fingerprint density at radius 1 is 1.23 bits per heavy atom. The van der Waals surface area contributed by atoms with Crippen LogP contribution in [0.15, 0.2) is 69.0 Å². The minimum absolute atomic E-state index is 0.0331. The van der Waals surface area contributed by atoms with Gasteiger partial charge in [-0.15, -0.1) is 0 Å². The first-order chi connectivity index (χ1) is 12.7. The fraction of sp³-hybridized carbons (Fsp3) is 0.100. The van der Waals surface area contributed by atoms with Crippen molar-refractivity contribution in [1.29, 1.82) is 0 Å². The number of rotatable bonds is 4. The summed E-state index contributed by atoms with van der Waals surface area (Å²) in [6.07, 6.45) is 5.14. The Morgan fingerprint density at radius 3 is 2.88 bits per heavy atom. The predicted molar refractivity (Wildman–Crippen MR) is 109 cm³/mol. The molecule has 0 aliphatic carbocycles. The fourth-order valence-electron chi connectivity index (χ4n) is 2.83. The first-order valence-corrected chi connectivity index (χ1v) is 9.88. The number of carbonyl (C=O) groups is 1. The van der Waals surface area contributed by atoms with E-state index in [9.17, 15) is 4.79 Å². The van der Waals surface area contributed by atoms with Gasteiger partial charge in [-0.25, -0.2) is 0 Å².